The first-order valence-electron chi connectivity index (χ1n) is 15.4. The van der Waals surface area contributed by atoms with Crippen LogP contribution in [0.15, 0.2) is 170 Å². The average molecular weight is 573 g/mol. The summed E-state index contributed by atoms with van der Waals surface area (Å²) in [5, 5.41) is 12.3. The molecule has 0 bridgehead atoms. The number of pyridine rings is 1. The number of hydrogen-bond donors (Lipinski definition) is 0. The largest absolute Gasteiger partial charge is 0.294 e. The highest BCUT2D eigenvalue weighted by atomic mass is 15.2. The molecule has 0 N–H and O–H groups in total. The topological polar surface area (TPSA) is 16.1 Å². The molecule has 0 unspecified atom stereocenters. The molecule has 2 heteroatoms. The predicted octanol–water partition coefficient (Wildman–Crippen LogP) is 12.0. The Morgan fingerprint density at radius 3 is 1.62 bits per heavy atom. The van der Waals surface area contributed by atoms with Gasteiger partial charge >= 0.3 is 0 Å². The number of hydrogen-bond acceptors (Lipinski definition) is 2. The van der Waals surface area contributed by atoms with Crippen molar-refractivity contribution in [2.75, 3.05) is 4.90 Å². The van der Waals surface area contributed by atoms with Gasteiger partial charge in [0.05, 0.1) is 5.69 Å². The van der Waals surface area contributed by atoms with E-state index in [1.165, 1.54) is 65.0 Å². The lowest BCUT2D eigenvalue weighted by molar-refractivity contribution is 1.20. The molecule has 0 saturated carbocycles. The van der Waals surface area contributed by atoms with Crippen LogP contribution in [0, 0.1) is 0 Å². The van der Waals surface area contributed by atoms with E-state index in [0.29, 0.717) is 0 Å². The van der Waals surface area contributed by atoms with Crippen LogP contribution in [-0.2, 0) is 0 Å². The lowest BCUT2D eigenvalue weighted by Crippen LogP contribution is -2.13. The van der Waals surface area contributed by atoms with E-state index in [4.69, 9.17) is 4.98 Å². The zero-order chi connectivity index (χ0) is 29.7. The van der Waals surface area contributed by atoms with E-state index in [1.807, 2.05) is 12.3 Å². The van der Waals surface area contributed by atoms with Crippen LogP contribution in [-0.4, -0.2) is 4.98 Å². The molecule has 9 rings (SSSR count). The summed E-state index contributed by atoms with van der Waals surface area (Å²) in [5.41, 5.74) is 4.71. The molecule has 0 aliphatic rings. The minimum Gasteiger partial charge on any atom is -0.294 e. The van der Waals surface area contributed by atoms with Crippen LogP contribution in [0.25, 0.3) is 65.0 Å². The summed E-state index contributed by atoms with van der Waals surface area (Å²) in [6, 6.07) is 59.0. The van der Waals surface area contributed by atoms with Crippen LogP contribution in [0.4, 0.5) is 17.2 Å². The molecule has 0 spiro atoms. The van der Waals surface area contributed by atoms with Gasteiger partial charge in [0.2, 0.25) is 0 Å². The first-order valence-corrected chi connectivity index (χ1v) is 15.4. The van der Waals surface area contributed by atoms with Gasteiger partial charge in [-0.2, -0.15) is 0 Å². The van der Waals surface area contributed by atoms with Crippen molar-refractivity contribution in [3.63, 3.8) is 0 Å². The quantitative estimate of drug-likeness (QED) is 0.154. The smallest absolute Gasteiger partial charge is 0.137 e. The van der Waals surface area contributed by atoms with Gasteiger partial charge in [0.25, 0.3) is 0 Å². The second-order valence-corrected chi connectivity index (χ2v) is 11.6. The molecular weight excluding hydrogens is 544 g/mol. The molecule has 210 valence electrons. The third kappa shape index (κ3) is 4.07. The molecule has 9 aromatic rings. The maximum atomic E-state index is 4.91. The van der Waals surface area contributed by atoms with Crippen LogP contribution in [0.3, 0.4) is 0 Å². The van der Waals surface area contributed by atoms with Crippen LogP contribution in [0.2, 0.25) is 0 Å². The SMILES string of the molecule is c1ccc(N(c2ccc3ccccc3c2)c2c3ccccc3c(-c3cc4ccccc4c4ccccc34)c3ccccc23)nc1. The molecule has 45 heavy (non-hydrogen) atoms. The van der Waals surface area contributed by atoms with Crippen molar-refractivity contribution in [2.24, 2.45) is 0 Å². The second kappa shape index (κ2) is 10.3. The first kappa shape index (κ1) is 25.5. The number of fused-ring (bicyclic) bond motifs is 6. The number of aromatic nitrogens is 1. The van der Waals surface area contributed by atoms with Gasteiger partial charge < -0.3 is 0 Å². The van der Waals surface area contributed by atoms with E-state index in [0.717, 1.165) is 17.2 Å². The third-order valence-electron chi connectivity index (χ3n) is 9.03. The van der Waals surface area contributed by atoms with Crippen molar-refractivity contribution >= 4 is 71.1 Å². The Kier molecular flexibility index (Phi) is 5.85. The summed E-state index contributed by atoms with van der Waals surface area (Å²) in [4.78, 5) is 7.24. The lowest BCUT2D eigenvalue weighted by Gasteiger charge is -2.29. The van der Waals surface area contributed by atoms with E-state index in [1.54, 1.807) is 0 Å². The van der Waals surface area contributed by atoms with Crippen molar-refractivity contribution in [1.82, 2.24) is 4.98 Å². The molecule has 0 radical (unpaired) electrons. The fourth-order valence-corrected chi connectivity index (χ4v) is 7.08. The molecule has 0 aliphatic heterocycles. The van der Waals surface area contributed by atoms with Gasteiger partial charge in [0, 0.05) is 22.7 Å². The Balaban J connectivity index is 1.43. The van der Waals surface area contributed by atoms with Crippen LogP contribution < -0.4 is 4.90 Å². The lowest BCUT2D eigenvalue weighted by atomic mass is 9.86. The highest BCUT2D eigenvalue weighted by Crippen LogP contribution is 2.49. The van der Waals surface area contributed by atoms with E-state index in [-0.39, 0.29) is 0 Å². The predicted molar refractivity (Wildman–Crippen MR) is 192 cm³/mol. The van der Waals surface area contributed by atoms with Crippen LogP contribution >= 0.6 is 0 Å². The Morgan fingerprint density at radius 2 is 0.933 bits per heavy atom. The maximum absolute atomic E-state index is 4.91. The van der Waals surface area contributed by atoms with E-state index in [2.05, 4.69) is 163 Å². The summed E-state index contributed by atoms with van der Waals surface area (Å²) in [6.07, 6.45) is 1.88. The highest BCUT2D eigenvalue weighted by molar-refractivity contribution is 6.26. The van der Waals surface area contributed by atoms with E-state index in [9.17, 15) is 0 Å². The van der Waals surface area contributed by atoms with Crippen molar-refractivity contribution in [2.45, 2.75) is 0 Å². The first-order chi connectivity index (χ1) is 22.3. The number of anilines is 3. The zero-order valence-electron chi connectivity index (χ0n) is 24.6. The van der Waals surface area contributed by atoms with Crippen molar-refractivity contribution in [1.29, 1.82) is 0 Å². The Hall–Kier alpha value is -5.99. The molecule has 0 atom stereocenters. The average Bonchev–Trinajstić information content (AvgIpc) is 3.12. The van der Waals surface area contributed by atoms with E-state index < -0.39 is 0 Å². The summed E-state index contributed by atoms with van der Waals surface area (Å²) < 4.78 is 0. The van der Waals surface area contributed by atoms with Gasteiger partial charge in [0.15, 0.2) is 0 Å². The molecular formula is C43H28N2. The van der Waals surface area contributed by atoms with E-state index >= 15 is 0 Å². The third-order valence-corrected chi connectivity index (χ3v) is 9.03. The second-order valence-electron chi connectivity index (χ2n) is 11.6. The summed E-state index contributed by atoms with van der Waals surface area (Å²) in [7, 11) is 0. The van der Waals surface area contributed by atoms with Gasteiger partial charge in [-0.1, -0.05) is 133 Å². The Morgan fingerprint density at radius 1 is 0.378 bits per heavy atom. The molecule has 2 nitrogen and oxygen atoms in total. The molecule has 0 fully saturated rings. The summed E-state index contributed by atoms with van der Waals surface area (Å²) >= 11 is 0. The number of rotatable bonds is 4. The number of nitrogens with zero attached hydrogens (tertiary/aromatic N) is 2. The van der Waals surface area contributed by atoms with Gasteiger partial charge in [0.1, 0.15) is 5.82 Å². The standard InChI is InChI=1S/C43H28N2/c1-2-14-30-27-32(25-24-29(30)13-1)45(41-23-11-12-26-44-41)43-38-21-9-7-19-36(38)42(37-20-8-10-22-39(37)43)40-28-31-15-3-4-16-33(31)34-17-5-6-18-35(34)40/h1-28H. The minimum absolute atomic E-state index is 0.881. The van der Waals surface area contributed by atoms with Crippen molar-refractivity contribution in [3.05, 3.63) is 170 Å². The summed E-state index contributed by atoms with van der Waals surface area (Å²) in [5.74, 6) is 0.881. The van der Waals surface area contributed by atoms with Gasteiger partial charge in [-0.3, -0.25) is 4.90 Å². The van der Waals surface area contributed by atoms with Crippen molar-refractivity contribution in [3.8, 4) is 11.1 Å². The fraction of sp³-hybridized carbons (Fsp3) is 0. The van der Waals surface area contributed by atoms with Crippen LogP contribution in [0.1, 0.15) is 0 Å². The normalized spacial score (nSPS) is 11.6. The Bertz CT molecular complexity index is 2490. The highest BCUT2D eigenvalue weighted by Gasteiger charge is 2.23. The monoisotopic (exact) mass is 572 g/mol. The maximum Gasteiger partial charge on any atom is 0.137 e. The van der Waals surface area contributed by atoms with Gasteiger partial charge in [-0.05, 0) is 84.5 Å². The minimum atomic E-state index is 0.881. The molecule has 0 amide bonds. The molecule has 1 aromatic heterocycles. The molecule has 0 aliphatic carbocycles. The molecule has 1 heterocycles. The van der Waals surface area contributed by atoms with Crippen molar-refractivity contribution < 1.29 is 0 Å². The fourth-order valence-electron chi connectivity index (χ4n) is 7.08. The molecule has 0 saturated heterocycles. The van der Waals surface area contributed by atoms with Crippen LogP contribution in [0.5, 0.6) is 0 Å². The summed E-state index contributed by atoms with van der Waals surface area (Å²) in [6.45, 7) is 0. The van der Waals surface area contributed by atoms with Gasteiger partial charge in [-0.15, -0.1) is 0 Å². The number of benzene rings is 8. The molecule has 8 aromatic carbocycles. The zero-order valence-corrected chi connectivity index (χ0v) is 24.6. The van der Waals surface area contributed by atoms with Gasteiger partial charge in [-0.25, -0.2) is 4.98 Å². The Labute approximate surface area is 261 Å².